The monoisotopic (exact) mass is 617 g/mol. The number of para-hydroxylation sites is 1. The molecule has 12 radical (unpaired) electrons. The van der Waals surface area contributed by atoms with E-state index < -0.39 is 30.7 Å². The van der Waals surface area contributed by atoms with E-state index in [4.69, 9.17) is 63.4 Å². The Morgan fingerprint density at radius 3 is 2.20 bits per heavy atom. The van der Waals surface area contributed by atoms with Gasteiger partial charge in [0.1, 0.15) is 18.6 Å². The Balaban J connectivity index is 1.71. The van der Waals surface area contributed by atoms with Crippen molar-refractivity contribution < 1.29 is 13.2 Å². The van der Waals surface area contributed by atoms with Crippen molar-refractivity contribution in [3.8, 4) is 5.75 Å². The lowest BCUT2D eigenvalue weighted by Gasteiger charge is -2.49. The SMILES string of the molecule is [B]C1([B])CC(c2cc(OC([B])(C)C)c(Nc3ncc(Cl)c(Nc4ccccc4S(=O)(=O)C([B])(C)C)n3)cc2C)CC([B])([B])N1. The molecule has 1 fully saturated rings. The lowest BCUT2D eigenvalue weighted by Crippen LogP contribution is -2.64. The van der Waals surface area contributed by atoms with Crippen molar-refractivity contribution >= 4 is 91.7 Å². The average Bonchev–Trinajstić information content (AvgIpc) is 2.84. The fourth-order valence-electron chi connectivity index (χ4n) is 5.10. The minimum atomic E-state index is -3.91. The number of aryl methyl sites for hydroxylation is 1. The molecule has 44 heavy (non-hydrogen) atoms. The second-order valence-corrected chi connectivity index (χ2v) is 15.4. The van der Waals surface area contributed by atoms with E-state index >= 15 is 0 Å². The minimum Gasteiger partial charge on any atom is -0.496 e. The molecule has 0 bridgehead atoms. The van der Waals surface area contributed by atoms with Crippen LogP contribution in [0.1, 0.15) is 57.6 Å². The lowest BCUT2D eigenvalue weighted by molar-refractivity contribution is 0.199. The van der Waals surface area contributed by atoms with Gasteiger partial charge in [-0.2, -0.15) is 4.98 Å². The number of hydrogen-bond acceptors (Lipinski definition) is 8. The van der Waals surface area contributed by atoms with Crippen molar-refractivity contribution in [2.24, 2.45) is 0 Å². The van der Waals surface area contributed by atoms with Crippen molar-refractivity contribution in [2.45, 2.75) is 79.1 Å². The van der Waals surface area contributed by atoms with Gasteiger partial charge < -0.3 is 20.7 Å². The van der Waals surface area contributed by atoms with Crippen LogP contribution in [0.15, 0.2) is 47.5 Å². The highest BCUT2D eigenvalue weighted by molar-refractivity contribution is 7.94. The second kappa shape index (κ2) is 12.0. The number of benzene rings is 2. The van der Waals surface area contributed by atoms with E-state index in [0.29, 0.717) is 24.3 Å². The summed E-state index contributed by atoms with van der Waals surface area (Å²) in [6.45, 7) is 8.20. The van der Waals surface area contributed by atoms with Gasteiger partial charge in [0.05, 0.1) is 67.2 Å². The van der Waals surface area contributed by atoms with Gasteiger partial charge in [0, 0.05) is 4.65 Å². The number of halogens is 1. The average molecular weight is 617 g/mol. The fourth-order valence-corrected chi connectivity index (χ4v) is 6.47. The molecule has 3 aromatic rings. The summed E-state index contributed by atoms with van der Waals surface area (Å²) in [5.74, 6) is 0.535. The molecule has 4 rings (SSSR count). The summed E-state index contributed by atoms with van der Waals surface area (Å²) >= 11 is 6.43. The molecular weight excluding hydrogens is 587 g/mol. The summed E-state index contributed by atoms with van der Waals surface area (Å²) in [5.41, 5.74) is 1.48. The van der Waals surface area contributed by atoms with Gasteiger partial charge in [0.2, 0.25) is 5.95 Å². The fraction of sp³-hybridized carbons (Fsp3) is 0.429. The number of nitrogens with zero attached hydrogens (tertiary/aromatic N) is 2. The van der Waals surface area contributed by atoms with Crippen LogP contribution in [0.25, 0.3) is 0 Å². The highest BCUT2D eigenvalue weighted by Gasteiger charge is 2.38. The van der Waals surface area contributed by atoms with E-state index in [9.17, 15) is 8.42 Å². The number of ether oxygens (including phenoxy) is 1. The van der Waals surface area contributed by atoms with Gasteiger partial charge in [0.15, 0.2) is 15.7 Å². The number of aromatic nitrogens is 2. The zero-order valence-corrected chi connectivity index (χ0v) is 27.0. The van der Waals surface area contributed by atoms with Gasteiger partial charge in [-0.1, -0.05) is 48.3 Å². The van der Waals surface area contributed by atoms with Gasteiger partial charge in [-0.15, -0.1) is 0 Å². The quantitative estimate of drug-likeness (QED) is 0.315. The molecule has 1 aliphatic rings. The molecule has 0 saturated carbocycles. The van der Waals surface area contributed by atoms with E-state index in [-0.39, 0.29) is 33.3 Å². The van der Waals surface area contributed by atoms with Crippen LogP contribution in [0.3, 0.4) is 0 Å². The van der Waals surface area contributed by atoms with Crippen molar-refractivity contribution in [3.63, 3.8) is 0 Å². The highest BCUT2D eigenvalue weighted by atomic mass is 35.5. The first-order valence-electron chi connectivity index (χ1n) is 13.8. The predicted molar refractivity (Wildman–Crippen MR) is 182 cm³/mol. The van der Waals surface area contributed by atoms with Crippen molar-refractivity contribution in [3.05, 3.63) is 58.7 Å². The molecule has 8 nitrogen and oxygen atoms in total. The van der Waals surface area contributed by atoms with Gasteiger partial charge in [-0.05, 0) is 74.9 Å². The van der Waals surface area contributed by atoms with Crippen molar-refractivity contribution in [1.82, 2.24) is 15.3 Å². The Hall–Kier alpha value is -2.49. The van der Waals surface area contributed by atoms with E-state index in [1.807, 2.05) is 19.1 Å². The Labute approximate surface area is 273 Å². The number of rotatable bonds is 9. The van der Waals surface area contributed by atoms with E-state index in [2.05, 4.69) is 25.9 Å². The Morgan fingerprint density at radius 1 is 1.00 bits per heavy atom. The standard InChI is InChI=1S/C28H30B6ClN5O3S/c1-15-10-20(21(43-25(2,3)29)11-17(15)16-12-27(31,32)40-28(33,34)13-16)38-24-36-14-18(35)23(39-24)37-19-8-6-7-9-22(19)44(41,42)26(4,5)30/h6-11,14,16,40H,12-13H2,1-5H3,(H2,36,37,38,39). The minimum absolute atomic E-state index is 0.000340. The molecule has 0 spiro atoms. The summed E-state index contributed by atoms with van der Waals surface area (Å²) < 4.78 is 30.9. The topological polar surface area (TPSA) is 105 Å². The van der Waals surface area contributed by atoms with Crippen LogP contribution in [0.4, 0.5) is 23.1 Å². The number of nitrogens with one attached hydrogen (secondary N) is 3. The molecular formula is C28H30B6ClN5O3S. The van der Waals surface area contributed by atoms with Crippen LogP contribution in [-0.4, -0.2) is 86.3 Å². The molecule has 2 aromatic carbocycles. The van der Waals surface area contributed by atoms with Crippen LogP contribution < -0.4 is 20.7 Å². The zero-order chi connectivity index (χ0) is 32.9. The molecule has 0 unspecified atom stereocenters. The zero-order valence-electron chi connectivity index (χ0n) is 25.4. The molecule has 16 heteroatoms. The van der Waals surface area contributed by atoms with Gasteiger partial charge in [-0.3, -0.25) is 0 Å². The lowest BCUT2D eigenvalue weighted by atomic mass is 9.46. The highest BCUT2D eigenvalue weighted by Crippen LogP contribution is 2.42. The molecule has 1 saturated heterocycles. The molecule has 3 N–H and O–H groups in total. The van der Waals surface area contributed by atoms with Gasteiger partial charge >= 0.3 is 0 Å². The van der Waals surface area contributed by atoms with Crippen LogP contribution in [0.2, 0.25) is 5.02 Å². The van der Waals surface area contributed by atoms with E-state index in [1.54, 1.807) is 32.0 Å². The summed E-state index contributed by atoms with van der Waals surface area (Å²) in [5, 5.41) is 6.66. The number of hydrogen-bond donors (Lipinski definition) is 3. The van der Waals surface area contributed by atoms with E-state index in [1.165, 1.54) is 26.1 Å². The van der Waals surface area contributed by atoms with Crippen LogP contribution >= 0.6 is 11.6 Å². The molecule has 0 amide bonds. The normalized spacial score (nSPS) is 17.1. The third-order valence-electron chi connectivity index (χ3n) is 6.93. The second-order valence-electron chi connectivity index (χ2n) is 12.5. The third kappa shape index (κ3) is 8.01. The van der Waals surface area contributed by atoms with Crippen LogP contribution in [0.5, 0.6) is 5.75 Å². The molecule has 1 aromatic heterocycles. The summed E-state index contributed by atoms with van der Waals surface area (Å²) in [4.78, 5) is 8.82. The van der Waals surface area contributed by atoms with Gasteiger partial charge in [0.25, 0.3) is 0 Å². The first-order valence-corrected chi connectivity index (χ1v) is 15.7. The smallest absolute Gasteiger partial charge is 0.229 e. The van der Waals surface area contributed by atoms with Crippen LogP contribution in [-0.2, 0) is 9.84 Å². The maximum Gasteiger partial charge on any atom is 0.229 e. The van der Waals surface area contributed by atoms with Gasteiger partial charge in [-0.25, -0.2) is 13.4 Å². The first-order chi connectivity index (χ1) is 20.1. The molecule has 0 atom stereocenters. The maximum absolute atomic E-state index is 13.2. The molecule has 1 aliphatic heterocycles. The summed E-state index contributed by atoms with van der Waals surface area (Å²) in [6, 6.07) is 10.1. The molecule has 0 aliphatic carbocycles. The summed E-state index contributed by atoms with van der Waals surface area (Å²) in [7, 11) is 33.1. The number of anilines is 4. The van der Waals surface area contributed by atoms with Crippen molar-refractivity contribution in [1.29, 1.82) is 0 Å². The van der Waals surface area contributed by atoms with E-state index in [0.717, 1.165) is 11.1 Å². The Kier molecular flexibility index (Phi) is 9.40. The Morgan fingerprint density at radius 2 is 1.61 bits per heavy atom. The Bertz CT molecular complexity index is 1650. The first kappa shape index (κ1) is 34.4. The number of piperidine rings is 1. The predicted octanol–water partition coefficient (Wildman–Crippen LogP) is 3.34. The summed E-state index contributed by atoms with van der Waals surface area (Å²) in [6.07, 6.45) is 2.13. The largest absolute Gasteiger partial charge is 0.496 e. The van der Waals surface area contributed by atoms with Crippen LogP contribution in [0, 0.1) is 6.92 Å². The molecule has 216 valence electrons. The molecule has 2 heterocycles. The number of sulfone groups is 1. The van der Waals surface area contributed by atoms with Crippen molar-refractivity contribution in [2.75, 3.05) is 10.6 Å². The third-order valence-corrected chi connectivity index (χ3v) is 9.52. The maximum atomic E-state index is 13.2.